The number of esters is 1. The highest BCUT2D eigenvalue weighted by atomic mass is 16.5. The first-order chi connectivity index (χ1) is 17.4. The molecule has 0 aliphatic carbocycles. The topological polar surface area (TPSA) is 123 Å². The summed E-state index contributed by atoms with van der Waals surface area (Å²) in [6, 6.07) is 21.6. The van der Waals surface area contributed by atoms with Gasteiger partial charge in [0.25, 0.3) is 5.91 Å². The van der Waals surface area contributed by atoms with Crippen molar-refractivity contribution in [3.8, 4) is 0 Å². The molecule has 0 aliphatic heterocycles. The number of alkyl carbamates (subject to hydrolysis) is 1. The van der Waals surface area contributed by atoms with Crippen LogP contribution < -0.4 is 16.0 Å². The number of carbonyl (C=O) groups is 4. The molecule has 3 aromatic carbocycles. The summed E-state index contributed by atoms with van der Waals surface area (Å²) in [7, 11) is 1.29. The van der Waals surface area contributed by atoms with Crippen molar-refractivity contribution in [1.29, 1.82) is 0 Å². The molecule has 3 rings (SSSR count). The van der Waals surface area contributed by atoms with Crippen molar-refractivity contribution in [3.63, 3.8) is 0 Å². The van der Waals surface area contributed by atoms with Crippen LogP contribution in [0.4, 0.5) is 16.2 Å². The molecule has 1 atom stereocenters. The third-order valence-electron chi connectivity index (χ3n) is 5.20. The standard InChI is InChI=1S/C27H27N3O6/c1-18(28-27(34)36-17-19-10-4-3-5-11-19)25(32)30-23-15-9-7-13-21(23)26(33)29-22-14-8-6-12-20(22)16-24(31)35-2/h3-15,18H,16-17H2,1-2H3,(H,28,34)(H,29,33)(H,30,32)/t18-/m0/s1. The van der Waals surface area contributed by atoms with E-state index in [4.69, 9.17) is 9.47 Å². The first kappa shape index (κ1) is 26.0. The largest absolute Gasteiger partial charge is 0.469 e. The van der Waals surface area contributed by atoms with Crippen LogP contribution in [0.2, 0.25) is 0 Å². The first-order valence-corrected chi connectivity index (χ1v) is 11.2. The Balaban J connectivity index is 1.62. The zero-order valence-corrected chi connectivity index (χ0v) is 19.9. The van der Waals surface area contributed by atoms with Gasteiger partial charge in [0, 0.05) is 5.69 Å². The molecule has 0 aliphatic rings. The number of methoxy groups -OCH3 is 1. The van der Waals surface area contributed by atoms with E-state index in [-0.39, 0.29) is 24.3 Å². The number of rotatable bonds is 9. The maximum absolute atomic E-state index is 13.0. The minimum absolute atomic E-state index is 0.00507. The lowest BCUT2D eigenvalue weighted by molar-refractivity contribution is -0.139. The van der Waals surface area contributed by atoms with E-state index in [1.165, 1.54) is 14.0 Å². The Bertz CT molecular complexity index is 1230. The van der Waals surface area contributed by atoms with Crippen LogP contribution in [0.15, 0.2) is 78.9 Å². The molecule has 0 bridgehead atoms. The molecule has 0 unspecified atom stereocenters. The van der Waals surface area contributed by atoms with Crippen molar-refractivity contribution >= 4 is 35.3 Å². The summed E-state index contributed by atoms with van der Waals surface area (Å²) >= 11 is 0. The molecule has 9 nitrogen and oxygen atoms in total. The summed E-state index contributed by atoms with van der Waals surface area (Å²) in [6.45, 7) is 1.58. The van der Waals surface area contributed by atoms with E-state index >= 15 is 0 Å². The molecule has 0 radical (unpaired) electrons. The number of amides is 3. The van der Waals surface area contributed by atoms with Gasteiger partial charge in [-0.15, -0.1) is 0 Å². The number of anilines is 2. The summed E-state index contributed by atoms with van der Waals surface area (Å²) in [5.74, 6) is -1.45. The summed E-state index contributed by atoms with van der Waals surface area (Å²) in [4.78, 5) is 49.5. The monoisotopic (exact) mass is 489 g/mol. The number of benzene rings is 3. The second-order valence-electron chi connectivity index (χ2n) is 7.83. The number of para-hydroxylation sites is 2. The number of hydrogen-bond acceptors (Lipinski definition) is 6. The Kier molecular flexibility index (Phi) is 9.16. The van der Waals surface area contributed by atoms with Crippen molar-refractivity contribution in [3.05, 3.63) is 95.6 Å². The van der Waals surface area contributed by atoms with E-state index in [1.54, 1.807) is 48.5 Å². The van der Waals surface area contributed by atoms with Gasteiger partial charge in [-0.2, -0.15) is 0 Å². The summed E-state index contributed by atoms with van der Waals surface area (Å²) < 4.78 is 9.86. The fraction of sp³-hybridized carbons (Fsp3) is 0.185. The van der Waals surface area contributed by atoms with E-state index in [1.807, 2.05) is 30.3 Å². The van der Waals surface area contributed by atoms with Gasteiger partial charge in [-0.3, -0.25) is 14.4 Å². The molecular formula is C27H27N3O6. The molecule has 0 fully saturated rings. The smallest absolute Gasteiger partial charge is 0.408 e. The Morgan fingerprint density at radius 1 is 0.806 bits per heavy atom. The van der Waals surface area contributed by atoms with Crippen molar-refractivity contribution < 1.29 is 28.7 Å². The highest BCUT2D eigenvalue weighted by molar-refractivity contribution is 6.11. The molecule has 0 aromatic heterocycles. The lowest BCUT2D eigenvalue weighted by atomic mass is 10.1. The molecular weight excluding hydrogens is 462 g/mol. The number of carbonyl (C=O) groups excluding carboxylic acids is 4. The predicted molar refractivity (Wildman–Crippen MR) is 134 cm³/mol. The van der Waals surface area contributed by atoms with Gasteiger partial charge in [-0.25, -0.2) is 4.79 Å². The zero-order chi connectivity index (χ0) is 25.9. The van der Waals surface area contributed by atoms with Crippen LogP contribution in [0.3, 0.4) is 0 Å². The second-order valence-corrected chi connectivity index (χ2v) is 7.83. The molecule has 9 heteroatoms. The Morgan fingerprint density at radius 2 is 1.44 bits per heavy atom. The van der Waals surface area contributed by atoms with E-state index in [0.717, 1.165) is 5.56 Å². The zero-order valence-electron chi connectivity index (χ0n) is 19.9. The predicted octanol–water partition coefficient (Wildman–Crippen LogP) is 3.91. The van der Waals surface area contributed by atoms with Gasteiger partial charge in [-0.1, -0.05) is 60.7 Å². The number of hydrogen-bond donors (Lipinski definition) is 3. The summed E-state index contributed by atoms with van der Waals surface area (Å²) in [5.41, 5.74) is 2.32. The fourth-order valence-corrected chi connectivity index (χ4v) is 3.25. The van der Waals surface area contributed by atoms with Gasteiger partial charge >= 0.3 is 12.1 Å². The Morgan fingerprint density at radius 3 is 2.17 bits per heavy atom. The minimum atomic E-state index is -0.926. The van der Waals surface area contributed by atoms with Gasteiger partial charge < -0.3 is 25.4 Å². The van der Waals surface area contributed by atoms with Gasteiger partial charge in [0.15, 0.2) is 0 Å². The second kappa shape index (κ2) is 12.7. The summed E-state index contributed by atoms with van der Waals surface area (Å²) in [6.07, 6.45) is -0.746. The van der Waals surface area contributed by atoms with Crippen LogP contribution in [0, 0.1) is 0 Å². The van der Waals surface area contributed by atoms with Crippen LogP contribution >= 0.6 is 0 Å². The number of nitrogens with one attached hydrogen (secondary N) is 3. The van der Waals surface area contributed by atoms with E-state index < -0.39 is 29.9 Å². The average molecular weight is 490 g/mol. The SMILES string of the molecule is COC(=O)Cc1ccccc1NC(=O)c1ccccc1NC(=O)[C@H](C)NC(=O)OCc1ccccc1. The third-order valence-corrected chi connectivity index (χ3v) is 5.20. The number of ether oxygens (including phenoxy) is 2. The molecule has 36 heavy (non-hydrogen) atoms. The maximum atomic E-state index is 13.0. The molecule has 0 saturated carbocycles. The van der Waals surface area contributed by atoms with Crippen molar-refractivity contribution in [2.24, 2.45) is 0 Å². The highest BCUT2D eigenvalue weighted by Crippen LogP contribution is 2.21. The Hall–Kier alpha value is -4.66. The quantitative estimate of drug-likeness (QED) is 0.392. The van der Waals surface area contributed by atoms with E-state index in [2.05, 4.69) is 16.0 Å². The molecule has 0 spiro atoms. The van der Waals surface area contributed by atoms with Crippen molar-refractivity contribution in [1.82, 2.24) is 5.32 Å². The van der Waals surface area contributed by atoms with Gasteiger partial charge in [0.2, 0.25) is 5.91 Å². The molecule has 3 N–H and O–H groups in total. The van der Waals surface area contributed by atoms with Crippen molar-refractivity contribution in [2.45, 2.75) is 26.0 Å². The van der Waals surface area contributed by atoms with Gasteiger partial charge in [-0.05, 0) is 36.2 Å². The average Bonchev–Trinajstić information content (AvgIpc) is 2.89. The molecule has 186 valence electrons. The molecule has 3 aromatic rings. The third kappa shape index (κ3) is 7.42. The van der Waals surface area contributed by atoms with Crippen LogP contribution in [0.1, 0.15) is 28.4 Å². The van der Waals surface area contributed by atoms with Gasteiger partial charge in [0.1, 0.15) is 12.6 Å². The van der Waals surface area contributed by atoms with Gasteiger partial charge in [0.05, 0.1) is 24.8 Å². The summed E-state index contributed by atoms with van der Waals surface area (Å²) in [5, 5.41) is 7.92. The lowest BCUT2D eigenvalue weighted by Gasteiger charge is -2.16. The van der Waals surface area contributed by atoms with Crippen molar-refractivity contribution in [2.75, 3.05) is 17.7 Å². The van der Waals surface area contributed by atoms with Crippen LogP contribution in [-0.4, -0.2) is 37.0 Å². The Labute approximate surface area is 208 Å². The van der Waals surface area contributed by atoms with E-state index in [0.29, 0.717) is 11.3 Å². The van der Waals surface area contributed by atoms with Crippen LogP contribution in [0.5, 0.6) is 0 Å². The molecule has 0 saturated heterocycles. The highest BCUT2D eigenvalue weighted by Gasteiger charge is 2.20. The first-order valence-electron chi connectivity index (χ1n) is 11.2. The normalized spacial score (nSPS) is 11.1. The van der Waals surface area contributed by atoms with Crippen LogP contribution in [0.25, 0.3) is 0 Å². The maximum Gasteiger partial charge on any atom is 0.408 e. The van der Waals surface area contributed by atoms with Crippen LogP contribution in [-0.2, 0) is 32.1 Å². The molecule has 3 amide bonds. The lowest BCUT2D eigenvalue weighted by Crippen LogP contribution is -2.42. The fourth-order valence-electron chi connectivity index (χ4n) is 3.25. The minimum Gasteiger partial charge on any atom is -0.469 e. The molecule has 0 heterocycles. The van der Waals surface area contributed by atoms with E-state index in [9.17, 15) is 19.2 Å².